The van der Waals surface area contributed by atoms with Gasteiger partial charge < -0.3 is 9.78 Å². The van der Waals surface area contributed by atoms with Crippen LogP contribution in [0.15, 0.2) is 42.6 Å². The Morgan fingerprint density at radius 2 is 2.15 bits per heavy atom. The molecule has 0 spiro atoms. The Hall–Kier alpha value is -2.53. The molecule has 0 aliphatic heterocycles. The van der Waals surface area contributed by atoms with Gasteiger partial charge in [0.05, 0.1) is 29.3 Å². The fraction of sp³-hybridized carbons (Fsp3) is 0.381. The molecule has 1 atom stereocenters. The molecule has 4 rings (SSSR count). The number of carbonyl (C=O) groups is 1. The predicted molar refractivity (Wildman–Crippen MR) is 102 cm³/mol. The van der Waals surface area contributed by atoms with Crippen molar-refractivity contribution in [1.29, 1.82) is 0 Å². The SMILES string of the molecule is O=CCCCN(Cc1nc2ccccc2[nH]1)C1CCCc2cccnc21. The summed E-state index contributed by atoms with van der Waals surface area (Å²) in [4.78, 5) is 26.1. The van der Waals surface area contributed by atoms with Crippen LogP contribution in [0, 0.1) is 0 Å². The molecule has 2 heterocycles. The van der Waals surface area contributed by atoms with Gasteiger partial charge in [0, 0.05) is 12.6 Å². The molecule has 0 radical (unpaired) electrons. The first-order valence-electron chi connectivity index (χ1n) is 9.40. The van der Waals surface area contributed by atoms with Gasteiger partial charge in [-0.05, 0) is 56.0 Å². The molecule has 0 saturated heterocycles. The molecule has 0 bridgehead atoms. The summed E-state index contributed by atoms with van der Waals surface area (Å²) in [6.45, 7) is 1.62. The van der Waals surface area contributed by atoms with Crippen molar-refractivity contribution in [3.05, 3.63) is 59.7 Å². The van der Waals surface area contributed by atoms with Crippen molar-refractivity contribution >= 4 is 17.3 Å². The second-order valence-electron chi connectivity index (χ2n) is 6.94. The summed E-state index contributed by atoms with van der Waals surface area (Å²) >= 11 is 0. The molecule has 1 aromatic carbocycles. The molecule has 1 aliphatic carbocycles. The van der Waals surface area contributed by atoms with E-state index >= 15 is 0 Å². The van der Waals surface area contributed by atoms with Crippen LogP contribution in [0.4, 0.5) is 0 Å². The monoisotopic (exact) mass is 348 g/mol. The van der Waals surface area contributed by atoms with Gasteiger partial charge in [0.1, 0.15) is 12.1 Å². The number of pyridine rings is 1. The van der Waals surface area contributed by atoms with Crippen LogP contribution < -0.4 is 0 Å². The Balaban J connectivity index is 1.61. The molecule has 134 valence electrons. The minimum Gasteiger partial charge on any atom is -0.341 e. The number of aldehydes is 1. The van der Waals surface area contributed by atoms with Crippen LogP contribution in [0.3, 0.4) is 0 Å². The summed E-state index contributed by atoms with van der Waals surface area (Å²) in [7, 11) is 0. The third kappa shape index (κ3) is 3.53. The van der Waals surface area contributed by atoms with E-state index in [0.717, 1.165) is 55.5 Å². The number of H-pyrrole nitrogens is 1. The van der Waals surface area contributed by atoms with Gasteiger partial charge >= 0.3 is 0 Å². The molecule has 1 unspecified atom stereocenters. The van der Waals surface area contributed by atoms with E-state index in [2.05, 4.69) is 22.0 Å². The molecular weight excluding hydrogens is 324 g/mol. The van der Waals surface area contributed by atoms with Gasteiger partial charge in [0.2, 0.25) is 0 Å². The van der Waals surface area contributed by atoms with Crippen LogP contribution in [-0.2, 0) is 17.8 Å². The normalized spacial score (nSPS) is 16.7. The smallest absolute Gasteiger partial charge is 0.121 e. The number of aromatic nitrogens is 3. The highest BCUT2D eigenvalue weighted by atomic mass is 16.1. The Morgan fingerprint density at radius 3 is 3.04 bits per heavy atom. The number of rotatable bonds is 7. The van der Waals surface area contributed by atoms with Crippen LogP contribution in [-0.4, -0.2) is 32.7 Å². The predicted octanol–water partition coefficient (Wildman–Crippen LogP) is 3.82. The summed E-state index contributed by atoms with van der Waals surface area (Å²) in [5.74, 6) is 0.973. The number of carbonyl (C=O) groups excluding carboxylic acids is 1. The number of nitrogens with zero attached hydrogens (tertiary/aromatic N) is 3. The van der Waals surface area contributed by atoms with E-state index in [1.807, 2.05) is 30.5 Å². The van der Waals surface area contributed by atoms with Crippen molar-refractivity contribution in [3.8, 4) is 0 Å². The maximum Gasteiger partial charge on any atom is 0.121 e. The largest absolute Gasteiger partial charge is 0.341 e. The zero-order valence-electron chi connectivity index (χ0n) is 14.9. The highest BCUT2D eigenvalue weighted by molar-refractivity contribution is 5.74. The molecule has 26 heavy (non-hydrogen) atoms. The summed E-state index contributed by atoms with van der Waals surface area (Å²) in [6.07, 6.45) is 7.74. The second-order valence-corrected chi connectivity index (χ2v) is 6.94. The van der Waals surface area contributed by atoms with E-state index in [1.54, 1.807) is 0 Å². The zero-order valence-corrected chi connectivity index (χ0v) is 14.9. The first-order valence-corrected chi connectivity index (χ1v) is 9.40. The lowest BCUT2D eigenvalue weighted by atomic mass is 9.90. The Labute approximate surface area is 153 Å². The van der Waals surface area contributed by atoms with E-state index in [-0.39, 0.29) is 0 Å². The van der Waals surface area contributed by atoms with E-state index in [0.29, 0.717) is 12.5 Å². The van der Waals surface area contributed by atoms with Crippen LogP contribution in [0.1, 0.15) is 48.8 Å². The minimum atomic E-state index is 0.291. The van der Waals surface area contributed by atoms with E-state index < -0.39 is 0 Å². The molecule has 0 saturated carbocycles. The molecule has 3 aromatic rings. The summed E-state index contributed by atoms with van der Waals surface area (Å²) in [5, 5.41) is 0. The van der Waals surface area contributed by atoms with E-state index in [4.69, 9.17) is 9.97 Å². The lowest BCUT2D eigenvalue weighted by Crippen LogP contribution is -2.33. The number of hydrogen-bond acceptors (Lipinski definition) is 4. The Kier molecular flexibility index (Phi) is 5.07. The van der Waals surface area contributed by atoms with Gasteiger partial charge in [0.15, 0.2) is 0 Å². The fourth-order valence-corrected chi connectivity index (χ4v) is 3.94. The van der Waals surface area contributed by atoms with Crippen molar-refractivity contribution in [1.82, 2.24) is 19.9 Å². The topological polar surface area (TPSA) is 61.9 Å². The van der Waals surface area contributed by atoms with Crippen molar-refractivity contribution < 1.29 is 4.79 Å². The highest BCUT2D eigenvalue weighted by Crippen LogP contribution is 2.33. The number of nitrogens with one attached hydrogen (secondary N) is 1. The Morgan fingerprint density at radius 1 is 1.23 bits per heavy atom. The van der Waals surface area contributed by atoms with Gasteiger partial charge in [-0.2, -0.15) is 0 Å². The average molecular weight is 348 g/mol. The first kappa shape index (κ1) is 16.9. The number of hydrogen-bond donors (Lipinski definition) is 1. The van der Waals surface area contributed by atoms with Gasteiger partial charge in [0.25, 0.3) is 0 Å². The van der Waals surface area contributed by atoms with Crippen LogP contribution >= 0.6 is 0 Å². The standard InChI is InChI=1S/C21H24N4O/c26-14-4-3-13-25(15-20-23-17-9-1-2-10-18(17)24-20)19-11-5-7-16-8-6-12-22-21(16)19/h1-2,6,8-10,12,14,19H,3-5,7,11,13,15H2,(H,23,24). The molecule has 0 amide bonds. The number of aryl methyl sites for hydroxylation is 1. The number of benzene rings is 1. The van der Waals surface area contributed by atoms with Crippen molar-refractivity contribution in [2.45, 2.75) is 44.7 Å². The van der Waals surface area contributed by atoms with Crippen molar-refractivity contribution in [2.75, 3.05) is 6.54 Å². The zero-order chi connectivity index (χ0) is 17.8. The number of fused-ring (bicyclic) bond motifs is 2. The number of imidazole rings is 1. The Bertz CT molecular complexity index is 855. The summed E-state index contributed by atoms with van der Waals surface area (Å²) < 4.78 is 0. The molecule has 1 N–H and O–H groups in total. The first-order chi connectivity index (χ1) is 12.8. The highest BCUT2D eigenvalue weighted by Gasteiger charge is 2.27. The lowest BCUT2D eigenvalue weighted by Gasteiger charge is -2.34. The molecule has 5 heteroatoms. The number of unbranched alkanes of at least 4 members (excludes halogenated alkanes) is 1. The van der Waals surface area contributed by atoms with E-state index in [9.17, 15) is 4.79 Å². The molecule has 5 nitrogen and oxygen atoms in total. The molecule has 0 fully saturated rings. The minimum absolute atomic E-state index is 0.291. The van der Waals surface area contributed by atoms with Gasteiger partial charge in [-0.15, -0.1) is 0 Å². The quantitative estimate of drug-likeness (QED) is 0.521. The number of aromatic amines is 1. The summed E-state index contributed by atoms with van der Waals surface area (Å²) in [6, 6.07) is 12.6. The van der Waals surface area contributed by atoms with Crippen LogP contribution in [0.25, 0.3) is 11.0 Å². The fourth-order valence-electron chi connectivity index (χ4n) is 3.94. The van der Waals surface area contributed by atoms with E-state index in [1.165, 1.54) is 17.7 Å². The maximum atomic E-state index is 10.8. The lowest BCUT2D eigenvalue weighted by molar-refractivity contribution is -0.108. The van der Waals surface area contributed by atoms with Crippen LogP contribution in [0.2, 0.25) is 0 Å². The van der Waals surface area contributed by atoms with Gasteiger partial charge in [-0.25, -0.2) is 4.98 Å². The van der Waals surface area contributed by atoms with Gasteiger partial charge in [-0.3, -0.25) is 9.88 Å². The molecule has 2 aromatic heterocycles. The van der Waals surface area contributed by atoms with Crippen molar-refractivity contribution in [3.63, 3.8) is 0 Å². The number of para-hydroxylation sites is 2. The maximum absolute atomic E-state index is 10.8. The third-order valence-electron chi connectivity index (χ3n) is 5.16. The molecular formula is C21H24N4O. The molecule has 1 aliphatic rings. The summed E-state index contributed by atoms with van der Waals surface area (Å²) in [5.41, 5.74) is 4.62. The van der Waals surface area contributed by atoms with Crippen LogP contribution in [0.5, 0.6) is 0 Å². The third-order valence-corrected chi connectivity index (χ3v) is 5.16. The average Bonchev–Trinajstić information content (AvgIpc) is 3.09. The van der Waals surface area contributed by atoms with Gasteiger partial charge in [-0.1, -0.05) is 18.2 Å². The van der Waals surface area contributed by atoms with Crippen molar-refractivity contribution in [2.24, 2.45) is 0 Å². The second kappa shape index (κ2) is 7.79.